The van der Waals surface area contributed by atoms with Gasteiger partial charge in [0.05, 0.1) is 12.7 Å². The average molecular weight is 454 g/mol. The number of phosphoric acid groups is 3. The second-order valence-electron chi connectivity index (χ2n) is 6.41. The highest BCUT2D eigenvalue weighted by molar-refractivity contribution is 7.66. The number of hydrogen-bond acceptors (Lipinski definition) is 9. The molecular weight excluding hydrogens is 432 g/mol. The van der Waals surface area contributed by atoms with E-state index < -0.39 is 48.1 Å². The first-order valence-electron chi connectivity index (χ1n) is 7.93. The highest BCUT2D eigenvalue weighted by atomic mass is 31.3. The predicted octanol–water partition coefficient (Wildman–Crippen LogP) is -0.0104. The van der Waals surface area contributed by atoms with Gasteiger partial charge in [0.1, 0.15) is 13.4 Å². The van der Waals surface area contributed by atoms with Crippen LogP contribution in [-0.4, -0.2) is 64.6 Å². The van der Waals surface area contributed by atoms with E-state index in [1.54, 1.807) is 14.8 Å². The third kappa shape index (κ3) is 7.60. The Morgan fingerprint density at radius 1 is 1.15 bits per heavy atom. The van der Waals surface area contributed by atoms with Gasteiger partial charge >= 0.3 is 23.5 Å². The minimum Gasteiger partial charge on any atom is -0.376 e. The first-order chi connectivity index (χ1) is 12.2. The maximum Gasteiger partial charge on any atom is 0.490 e. The zero-order valence-corrected chi connectivity index (χ0v) is 17.3. The Morgan fingerprint density at radius 2 is 1.81 bits per heavy atom. The molecule has 13 nitrogen and oxygen atoms in total. The van der Waals surface area contributed by atoms with E-state index in [-0.39, 0.29) is 6.00 Å². The molecule has 2 heterocycles. The number of phosphoric ester groups is 1. The topological polar surface area (TPSA) is 188 Å². The molecule has 2 aliphatic rings. The Bertz CT molecular complexity index is 663. The third-order valence-corrected chi connectivity index (χ3v) is 7.61. The van der Waals surface area contributed by atoms with Crippen LogP contribution < -0.4 is 0 Å². The normalized spacial score (nSPS) is 36.4. The Hall–Kier alpha value is 0.355. The molecule has 158 valence electrons. The lowest BCUT2D eigenvalue weighted by Crippen LogP contribution is -2.43. The smallest absolute Gasteiger partial charge is 0.376 e. The molecule has 4 N–H and O–H groups in total. The second-order valence-corrected chi connectivity index (χ2v) is 10.8. The molecule has 0 aliphatic carbocycles. The van der Waals surface area contributed by atoms with Crippen molar-refractivity contribution in [3.63, 3.8) is 0 Å². The van der Waals surface area contributed by atoms with Crippen molar-refractivity contribution in [2.24, 2.45) is 0 Å². The van der Waals surface area contributed by atoms with Crippen molar-refractivity contribution in [2.75, 3.05) is 13.2 Å². The molecule has 6 atom stereocenters. The van der Waals surface area contributed by atoms with Crippen molar-refractivity contribution in [1.82, 2.24) is 0 Å². The molecule has 0 amide bonds. The van der Waals surface area contributed by atoms with Crippen LogP contribution in [-0.2, 0) is 41.1 Å². The van der Waals surface area contributed by atoms with Crippen LogP contribution in [0.1, 0.15) is 26.2 Å². The van der Waals surface area contributed by atoms with Crippen LogP contribution in [0.3, 0.4) is 0 Å². The third-order valence-electron chi connectivity index (χ3n) is 3.83. The van der Waals surface area contributed by atoms with Crippen LogP contribution in [0.25, 0.3) is 0 Å². The van der Waals surface area contributed by atoms with Crippen LogP contribution in [0.4, 0.5) is 0 Å². The highest BCUT2D eigenvalue weighted by Crippen LogP contribution is 2.66. The summed E-state index contributed by atoms with van der Waals surface area (Å²) in [5, 5.41) is 0. The Labute approximate surface area is 156 Å². The van der Waals surface area contributed by atoms with Crippen molar-refractivity contribution in [2.45, 2.75) is 50.2 Å². The quantitative estimate of drug-likeness (QED) is 0.269. The Kier molecular flexibility index (Phi) is 7.54. The molecule has 0 radical (unpaired) electrons. The van der Waals surface area contributed by atoms with E-state index in [1.165, 1.54) is 0 Å². The van der Waals surface area contributed by atoms with E-state index in [2.05, 4.69) is 13.1 Å². The largest absolute Gasteiger partial charge is 0.490 e. The Morgan fingerprint density at radius 3 is 2.37 bits per heavy atom. The summed E-state index contributed by atoms with van der Waals surface area (Å²) in [4.78, 5) is 35.8. The van der Waals surface area contributed by atoms with Crippen LogP contribution in [0, 0.1) is 0 Å². The van der Waals surface area contributed by atoms with Crippen LogP contribution >= 0.6 is 23.5 Å². The summed E-state index contributed by atoms with van der Waals surface area (Å²) in [6.07, 6.45) is 0.997. The average Bonchev–Trinajstić information content (AvgIpc) is 3.02. The fourth-order valence-corrected chi connectivity index (χ4v) is 5.93. The van der Waals surface area contributed by atoms with Gasteiger partial charge in [0.2, 0.25) is 0 Å². The number of hydrogen-bond donors (Lipinski definition) is 4. The van der Waals surface area contributed by atoms with E-state index in [1.807, 2.05) is 0 Å². The molecule has 0 aromatic carbocycles. The van der Waals surface area contributed by atoms with Crippen LogP contribution in [0.2, 0.25) is 0 Å². The van der Waals surface area contributed by atoms with Crippen molar-refractivity contribution < 1.29 is 60.6 Å². The summed E-state index contributed by atoms with van der Waals surface area (Å²) < 4.78 is 62.8. The standard InChI is InChI=1S/C10H22BO13P3/c1-10(7(5-8(11)22-10)21-9-3-2-4-19-9)6-20-26(15,16)24-27(17,18)23-25(12,13)14/h7-9H,2-6,11H2,1H3,(H,15,16)(H,17,18)(H2,12,13,14). The van der Waals surface area contributed by atoms with Gasteiger partial charge in [-0.25, -0.2) is 13.7 Å². The molecule has 0 aromatic rings. The van der Waals surface area contributed by atoms with Crippen molar-refractivity contribution >= 4 is 31.3 Å². The van der Waals surface area contributed by atoms with Gasteiger partial charge in [-0.2, -0.15) is 8.62 Å². The van der Waals surface area contributed by atoms with Crippen molar-refractivity contribution in [3.05, 3.63) is 0 Å². The SMILES string of the molecule is BC1CC(OC2CCCO2)C(C)(COP(=O)(O)OP(=O)(O)OP(=O)(O)O)O1. The van der Waals surface area contributed by atoms with Gasteiger partial charge < -0.3 is 33.8 Å². The lowest BCUT2D eigenvalue weighted by atomic mass is 9.93. The zero-order chi connectivity index (χ0) is 20.5. The van der Waals surface area contributed by atoms with E-state index in [0.29, 0.717) is 19.4 Å². The first-order valence-corrected chi connectivity index (χ1v) is 12.5. The van der Waals surface area contributed by atoms with E-state index in [9.17, 15) is 18.6 Å². The molecule has 0 bridgehead atoms. The van der Waals surface area contributed by atoms with E-state index in [4.69, 9.17) is 28.9 Å². The van der Waals surface area contributed by atoms with E-state index >= 15 is 0 Å². The lowest BCUT2D eigenvalue weighted by Gasteiger charge is -2.32. The molecule has 6 unspecified atom stereocenters. The lowest BCUT2D eigenvalue weighted by molar-refractivity contribution is -0.185. The van der Waals surface area contributed by atoms with Crippen LogP contribution in [0.5, 0.6) is 0 Å². The van der Waals surface area contributed by atoms with Gasteiger partial charge in [-0.05, 0) is 19.8 Å². The van der Waals surface area contributed by atoms with E-state index in [0.717, 1.165) is 6.42 Å². The Balaban J connectivity index is 1.98. The van der Waals surface area contributed by atoms with Crippen LogP contribution in [0.15, 0.2) is 0 Å². The molecule has 0 aromatic heterocycles. The molecule has 2 saturated heterocycles. The molecule has 17 heteroatoms. The maximum atomic E-state index is 11.9. The minimum atomic E-state index is -5.56. The number of ether oxygens (including phenoxy) is 3. The summed E-state index contributed by atoms with van der Waals surface area (Å²) in [6, 6.07) is -0.258. The molecule has 2 rings (SSSR count). The summed E-state index contributed by atoms with van der Waals surface area (Å²) in [5.41, 5.74) is -1.20. The predicted molar refractivity (Wildman–Crippen MR) is 90.1 cm³/mol. The summed E-state index contributed by atoms with van der Waals surface area (Å²) in [7, 11) is -14.5. The first kappa shape index (κ1) is 23.6. The fourth-order valence-electron chi connectivity index (χ4n) is 2.81. The highest BCUT2D eigenvalue weighted by Gasteiger charge is 2.49. The maximum absolute atomic E-state index is 11.9. The molecule has 27 heavy (non-hydrogen) atoms. The molecule has 2 aliphatic heterocycles. The van der Waals surface area contributed by atoms with Crippen molar-refractivity contribution in [3.8, 4) is 0 Å². The van der Waals surface area contributed by atoms with Gasteiger partial charge in [-0.1, -0.05) is 0 Å². The van der Waals surface area contributed by atoms with Crippen molar-refractivity contribution in [1.29, 1.82) is 0 Å². The van der Waals surface area contributed by atoms with Gasteiger partial charge in [0.25, 0.3) is 0 Å². The zero-order valence-electron chi connectivity index (χ0n) is 14.6. The molecular formula is C10H22BO13P3. The minimum absolute atomic E-state index is 0.258. The molecule has 0 spiro atoms. The molecule has 0 saturated carbocycles. The van der Waals surface area contributed by atoms with Gasteiger partial charge in [-0.3, -0.25) is 4.52 Å². The monoisotopic (exact) mass is 454 g/mol. The number of rotatable bonds is 9. The summed E-state index contributed by atoms with van der Waals surface area (Å²) in [6.45, 7) is 1.55. The fraction of sp³-hybridized carbons (Fsp3) is 1.00. The summed E-state index contributed by atoms with van der Waals surface area (Å²) >= 11 is 0. The summed E-state index contributed by atoms with van der Waals surface area (Å²) in [5.74, 6) is 0. The van der Waals surface area contributed by atoms with Gasteiger partial charge in [-0.15, -0.1) is 0 Å². The molecule has 2 fully saturated rings. The van der Waals surface area contributed by atoms with Gasteiger partial charge in [0, 0.05) is 19.0 Å². The van der Waals surface area contributed by atoms with Gasteiger partial charge in [0.15, 0.2) is 6.29 Å². The second kappa shape index (κ2) is 8.61.